The number of rotatable bonds is 3. The lowest BCUT2D eigenvalue weighted by molar-refractivity contribution is 0.0243. The largest absolute Gasteiger partial charge is 0.491 e. The summed E-state index contributed by atoms with van der Waals surface area (Å²) in [5.74, 6) is 2.87. The molecule has 1 fully saturated rings. The summed E-state index contributed by atoms with van der Waals surface area (Å²) >= 11 is 1.91. The molecule has 1 aliphatic rings. The molecule has 0 radical (unpaired) electrons. The summed E-state index contributed by atoms with van der Waals surface area (Å²) in [5.41, 5.74) is 0.255. The Hall–Kier alpha value is -0.670. The molecule has 1 saturated heterocycles. The SMILES string of the molecule is CC(C)Oc1ccccc1C1(O)CCSCC1. The highest BCUT2D eigenvalue weighted by atomic mass is 32.2. The minimum absolute atomic E-state index is 0.137. The summed E-state index contributed by atoms with van der Waals surface area (Å²) in [6.07, 6.45) is 1.77. The minimum atomic E-state index is -0.698. The van der Waals surface area contributed by atoms with E-state index >= 15 is 0 Å². The topological polar surface area (TPSA) is 29.5 Å². The average molecular weight is 252 g/mol. The van der Waals surface area contributed by atoms with E-state index in [-0.39, 0.29) is 6.10 Å². The van der Waals surface area contributed by atoms with E-state index < -0.39 is 5.60 Å². The van der Waals surface area contributed by atoms with E-state index in [0.717, 1.165) is 35.7 Å². The molecule has 2 nitrogen and oxygen atoms in total. The van der Waals surface area contributed by atoms with E-state index in [1.54, 1.807) is 0 Å². The molecule has 17 heavy (non-hydrogen) atoms. The molecule has 1 N–H and O–H groups in total. The summed E-state index contributed by atoms with van der Waals surface area (Å²) < 4.78 is 5.80. The van der Waals surface area contributed by atoms with Gasteiger partial charge in [-0.25, -0.2) is 0 Å². The summed E-state index contributed by atoms with van der Waals surface area (Å²) in [6.45, 7) is 4.02. The first-order valence-corrected chi connectivity index (χ1v) is 7.33. The van der Waals surface area contributed by atoms with Crippen molar-refractivity contribution in [2.75, 3.05) is 11.5 Å². The highest BCUT2D eigenvalue weighted by Crippen LogP contribution is 2.40. The number of ether oxygens (including phenoxy) is 1. The molecule has 94 valence electrons. The van der Waals surface area contributed by atoms with Crippen molar-refractivity contribution in [2.24, 2.45) is 0 Å². The van der Waals surface area contributed by atoms with Gasteiger partial charge in [-0.2, -0.15) is 11.8 Å². The van der Waals surface area contributed by atoms with Crippen molar-refractivity contribution in [1.82, 2.24) is 0 Å². The molecule has 1 aliphatic heterocycles. The minimum Gasteiger partial charge on any atom is -0.491 e. The predicted octanol–water partition coefficient (Wildman–Crippen LogP) is 3.19. The number of para-hydroxylation sites is 1. The van der Waals surface area contributed by atoms with Gasteiger partial charge in [-0.1, -0.05) is 18.2 Å². The lowest BCUT2D eigenvalue weighted by atomic mass is 9.87. The maximum absolute atomic E-state index is 10.7. The second-order valence-corrected chi connectivity index (χ2v) is 6.03. The van der Waals surface area contributed by atoms with Crippen LogP contribution in [0.3, 0.4) is 0 Å². The van der Waals surface area contributed by atoms with Crippen molar-refractivity contribution in [3.05, 3.63) is 29.8 Å². The van der Waals surface area contributed by atoms with Crippen LogP contribution in [0.2, 0.25) is 0 Å². The first kappa shape index (κ1) is 12.8. The Morgan fingerprint density at radius 3 is 2.53 bits per heavy atom. The number of hydrogen-bond acceptors (Lipinski definition) is 3. The molecule has 0 saturated carbocycles. The van der Waals surface area contributed by atoms with Crippen molar-refractivity contribution in [3.63, 3.8) is 0 Å². The first-order valence-electron chi connectivity index (χ1n) is 6.18. The molecule has 0 bridgehead atoms. The van der Waals surface area contributed by atoms with Gasteiger partial charge in [-0.3, -0.25) is 0 Å². The fraction of sp³-hybridized carbons (Fsp3) is 0.571. The van der Waals surface area contributed by atoms with Crippen molar-refractivity contribution in [3.8, 4) is 5.75 Å². The molecule has 0 atom stereocenters. The van der Waals surface area contributed by atoms with Crippen molar-refractivity contribution < 1.29 is 9.84 Å². The van der Waals surface area contributed by atoms with Gasteiger partial charge in [-0.05, 0) is 44.3 Å². The molecule has 0 unspecified atom stereocenters. The van der Waals surface area contributed by atoms with E-state index in [1.807, 2.05) is 49.9 Å². The van der Waals surface area contributed by atoms with Crippen LogP contribution in [0.25, 0.3) is 0 Å². The molecule has 3 heteroatoms. The standard InChI is InChI=1S/C14H20O2S/c1-11(2)16-13-6-4-3-5-12(13)14(15)7-9-17-10-8-14/h3-6,11,15H,7-10H2,1-2H3. The quantitative estimate of drug-likeness (QED) is 0.896. The fourth-order valence-corrected chi connectivity index (χ4v) is 3.35. The molecule has 1 heterocycles. The Bertz CT molecular complexity index is 370. The number of aliphatic hydroxyl groups is 1. The Morgan fingerprint density at radius 2 is 1.88 bits per heavy atom. The third kappa shape index (κ3) is 2.96. The summed E-state index contributed by atoms with van der Waals surface area (Å²) in [4.78, 5) is 0. The average Bonchev–Trinajstić information content (AvgIpc) is 2.30. The van der Waals surface area contributed by atoms with Crippen LogP contribution in [0.5, 0.6) is 5.75 Å². The molecule has 2 rings (SSSR count). The molecular formula is C14H20O2S. The summed E-state index contributed by atoms with van der Waals surface area (Å²) in [5, 5.41) is 10.7. The Kier molecular flexibility index (Phi) is 4.00. The Labute approximate surface area is 107 Å². The molecular weight excluding hydrogens is 232 g/mol. The van der Waals surface area contributed by atoms with Gasteiger partial charge < -0.3 is 9.84 Å². The van der Waals surface area contributed by atoms with Gasteiger partial charge in [0.25, 0.3) is 0 Å². The van der Waals surface area contributed by atoms with E-state index in [9.17, 15) is 5.11 Å². The van der Waals surface area contributed by atoms with Crippen molar-refractivity contribution in [1.29, 1.82) is 0 Å². The highest BCUT2D eigenvalue weighted by Gasteiger charge is 2.34. The van der Waals surface area contributed by atoms with Gasteiger partial charge in [-0.15, -0.1) is 0 Å². The van der Waals surface area contributed by atoms with Crippen LogP contribution in [-0.2, 0) is 5.60 Å². The molecule has 0 spiro atoms. The van der Waals surface area contributed by atoms with Gasteiger partial charge in [0.15, 0.2) is 0 Å². The number of thioether (sulfide) groups is 1. The normalized spacial score (nSPS) is 19.3. The van der Waals surface area contributed by atoms with Gasteiger partial charge in [0.2, 0.25) is 0 Å². The van der Waals surface area contributed by atoms with E-state index in [2.05, 4.69) is 0 Å². The lowest BCUT2D eigenvalue weighted by Gasteiger charge is -2.33. The molecule has 1 aromatic carbocycles. The number of benzene rings is 1. The van der Waals surface area contributed by atoms with Gasteiger partial charge in [0, 0.05) is 5.56 Å². The van der Waals surface area contributed by atoms with Gasteiger partial charge >= 0.3 is 0 Å². The Balaban J connectivity index is 2.29. The molecule has 0 aliphatic carbocycles. The van der Waals surface area contributed by atoms with Crippen LogP contribution in [0.1, 0.15) is 32.3 Å². The fourth-order valence-electron chi connectivity index (χ4n) is 2.19. The van der Waals surface area contributed by atoms with Crippen LogP contribution in [0.15, 0.2) is 24.3 Å². The number of hydrogen-bond donors (Lipinski definition) is 1. The summed E-state index contributed by atoms with van der Waals surface area (Å²) in [7, 11) is 0. The predicted molar refractivity (Wildman–Crippen MR) is 72.7 cm³/mol. The third-order valence-electron chi connectivity index (χ3n) is 3.07. The summed E-state index contributed by atoms with van der Waals surface area (Å²) in [6, 6.07) is 7.88. The van der Waals surface area contributed by atoms with Crippen LogP contribution in [0, 0.1) is 0 Å². The van der Waals surface area contributed by atoms with E-state index in [4.69, 9.17) is 4.74 Å². The maximum atomic E-state index is 10.7. The van der Waals surface area contributed by atoms with Gasteiger partial charge in [0.05, 0.1) is 11.7 Å². The lowest BCUT2D eigenvalue weighted by Crippen LogP contribution is -2.31. The molecule has 0 aromatic heterocycles. The highest BCUT2D eigenvalue weighted by molar-refractivity contribution is 7.99. The van der Waals surface area contributed by atoms with Crippen LogP contribution in [-0.4, -0.2) is 22.7 Å². The monoisotopic (exact) mass is 252 g/mol. The maximum Gasteiger partial charge on any atom is 0.125 e. The van der Waals surface area contributed by atoms with Crippen LogP contribution in [0.4, 0.5) is 0 Å². The third-order valence-corrected chi connectivity index (χ3v) is 4.06. The van der Waals surface area contributed by atoms with E-state index in [0.29, 0.717) is 0 Å². The van der Waals surface area contributed by atoms with Crippen molar-refractivity contribution >= 4 is 11.8 Å². The van der Waals surface area contributed by atoms with Gasteiger partial charge in [0.1, 0.15) is 5.75 Å². The van der Waals surface area contributed by atoms with Crippen LogP contribution >= 0.6 is 11.8 Å². The smallest absolute Gasteiger partial charge is 0.125 e. The second-order valence-electron chi connectivity index (χ2n) is 4.81. The van der Waals surface area contributed by atoms with Crippen molar-refractivity contribution in [2.45, 2.75) is 38.4 Å². The van der Waals surface area contributed by atoms with E-state index in [1.165, 1.54) is 0 Å². The molecule has 0 amide bonds. The molecule has 1 aromatic rings. The zero-order valence-corrected chi connectivity index (χ0v) is 11.3. The zero-order valence-electron chi connectivity index (χ0n) is 10.5. The second kappa shape index (κ2) is 5.32. The first-order chi connectivity index (χ1) is 8.12. The Morgan fingerprint density at radius 1 is 1.24 bits per heavy atom. The zero-order chi connectivity index (χ0) is 12.3. The van der Waals surface area contributed by atoms with Crippen LogP contribution < -0.4 is 4.74 Å².